The second kappa shape index (κ2) is 11.8. The maximum atomic E-state index is 15.2. The van der Waals surface area contributed by atoms with Gasteiger partial charge in [-0.2, -0.15) is 0 Å². The van der Waals surface area contributed by atoms with Crippen LogP contribution in [-0.2, 0) is 22.5 Å². The number of ether oxygens (including phenoxy) is 1. The first-order valence-electron chi connectivity index (χ1n) is 14.4. The summed E-state index contributed by atoms with van der Waals surface area (Å²) < 4.78 is 37.3. The van der Waals surface area contributed by atoms with E-state index in [0.29, 0.717) is 42.2 Å². The Morgan fingerprint density at radius 2 is 1.86 bits per heavy atom. The van der Waals surface area contributed by atoms with Gasteiger partial charge in [0.05, 0.1) is 11.7 Å². The molecule has 4 aromatic rings. The monoisotopic (exact) mass is 606 g/mol. The molecule has 0 radical (unpaired) electrons. The first-order valence-corrected chi connectivity index (χ1v) is 14.4. The Kier molecular flexibility index (Phi) is 8.23. The first kappa shape index (κ1) is 30.8. The van der Waals surface area contributed by atoms with E-state index in [1.807, 2.05) is 19.9 Å². The lowest BCUT2D eigenvalue weighted by Crippen LogP contribution is -2.44. The molecule has 5 rings (SSSR count). The molecule has 1 aromatic carbocycles. The molecule has 11 nitrogen and oxygen atoms in total. The van der Waals surface area contributed by atoms with Crippen molar-refractivity contribution in [2.75, 3.05) is 25.5 Å². The third-order valence-corrected chi connectivity index (χ3v) is 7.17. The van der Waals surface area contributed by atoms with Gasteiger partial charge >= 0.3 is 6.09 Å². The van der Waals surface area contributed by atoms with E-state index in [-0.39, 0.29) is 35.7 Å². The Balaban J connectivity index is 1.30. The van der Waals surface area contributed by atoms with Crippen LogP contribution in [-0.4, -0.2) is 72.0 Å². The summed E-state index contributed by atoms with van der Waals surface area (Å²) in [6.07, 6.45) is 0.972. The third kappa shape index (κ3) is 6.46. The van der Waals surface area contributed by atoms with Gasteiger partial charge < -0.3 is 24.4 Å². The van der Waals surface area contributed by atoms with Crippen molar-refractivity contribution >= 4 is 34.8 Å². The van der Waals surface area contributed by atoms with E-state index >= 15 is 4.39 Å². The summed E-state index contributed by atoms with van der Waals surface area (Å²) in [5, 5.41) is 3.01. The van der Waals surface area contributed by atoms with Crippen LogP contribution in [0.15, 0.2) is 30.5 Å². The molecule has 0 spiro atoms. The van der Waals surface area contributed by atoms with Gasteiger partial charge in [-0.25, -0.2) is 33.5 Å². The van der Waals surface area contributed by atoms with Gasteiger partial charge in [0.15, 0.2) is 5.82 Å². The predicted octanol–water partition coefficient (Wildman–Crippen LogP) is 5.55. The fourth-order valence-corrected chi connectivity index (χ4v) is 5.22. The number of likely N-dealkylation sites (N-methyl/N-ethyl adjacent to an activating group) is 1. The van der Waals surface area contributed by atoms with E-state index in [9.17, 15) is 14.0 Å². The predicted molar refractivity (Wildman–Crippen MR) is 161 cm³/mol. The van der Waals surface area contributed by atoms with Crippen molar-refractivity contribution in [2.24, 2.45) is 0 Å². The van der Waals surface area contributed by atoms with Crippen molar-refractivity contribution in [2.45, 2.75) is 66.2 Å². The summed E-state index contributed by atoms with van der Waals surface area (Å²) in [6, 6.07) is 6.45. The molecule has 1 aliphatic heterocycles. The summed E-state index contributed by atoms with van der Waals surface area (Å²) in [4.78, 5) is 45.6. The zero-order valence-corrected chi connectivity index (χ0v) is 25.9. The number of amides is 2. The lowest BCUT2D eigenvalue weighted by molar-refractivity contribution is -0.133. The highest BCUT2D eigenvalue weighted by Gasteiger charge is 2.26. The van der Waals surface area contributed by atoms with Crippen molar-refractivity contribution in [1.82, 2.24) is 34.3 Å². The lowest BCUT2D eigenvalue weighted by Gasteiger charge is -2.30. The number of anilines is 2. The van der Waals surface area contributed by atoms with E-state index in [4.69, 9.17) is 4.74 Å². The van der Waals surface area contributed by atoms with E-state index in [0.717, 1.165) is 17.5 Å². The number of benzene rings is 1. The number of imidazole rings is 1. The van der Waals surface area contributed by atoms with Crippen LogP contribution in [0, 0.1) is 18.6 Å². The minimum Gasteiger partial charge on any atom is -0.444 e. The number of nitrogens with zero attached hydrogens (tertiary/aromatic N) is 7. The molecule has 0 fully saturated rings. The molecule has 2 amide bonds. The summed E-state index contributed by atoms with van der Waals surface area (Å²) in [5.41, 5.74) is 1.97. The van der Waals surface area contributed by atoms with E-state index in [2.05, 4.69) is 25.3 Å². The molecule has 1 N–H and O–H groups in total. The molecule has 0 atom stereocenters. The first-order chi connectivity index (χ1) is 20.7. The highest BCUT2D eigenvalue weighted by atomic mass is 19.1. The molecule has 0 saturated heterocycles. The highest BCUT2D eigenvalue weighted by molar-refractivity contribution is 5.83. The minimum atomic E-state index is -0.699. The van der Waals surface area contributed by atoms with Gasteiger partial charge in [0, 0.05) is 43.9 Å². The van der Waals surface area contributed by atoms with Gasteiger partial charge in [0.25, 0.3) is 0 Å². The van der Waals surface area contributed by atoms with Crippen LogP contribution in [0.25, 0.3) is 22.3 Å². The minimum absolute atomic E-state index is 0.00508. The van der Waals surface area contributed by atoms with Gasteiger partial charge in [-0.1, -0.05) is 6.07 Å². The number of hydrogen-bond donors (Lipinski definition) is 1. The Hall–Kier alpha value is -4.68. The number of aromatic nitrogens is 5. The number of halogens is 2. The average molecular weight is 607 g/mol. The van der Waals surface area contributed by atoms with Gasteiger partial charge in [-0.3, -0.25) is 4.79 Å². The number of rotatable bonds is 6. The van der Waals surface area contributed by atoms with Crippen LogP contribution in [0.4, 0.5) is 25.3 Å². The lowest BCUT2D eigenvalue weighted by atomic mass is 10.1. The molecule has 4 heterocycles. The molecule has 0 unspecified atom stereocenters. The number of nitrogens with one attached hydrogen (secondary N) is 1. The van der Waals surface area contributed by atoms with Crippen LogP contribution >= 0.6 is 0 Å². The van der Waals surface area contributed by atoms with Gasteiger partial charge in [-0.05, 0) is 65.3 Å². The molecule has 44 heavy (non-hydrogen) atoms. The van der Waals surface area contributed by atoms with E-state index in [1.54, 1.807) is 49.3 Å². The molecule has 1 aliphatic rings. The summed E-state index contributed by atoms with van der Waals surface area (Å²) in [6.45, 7) is 11.7. The quantitative estimate of drug-likeness (QED) is 0.304. The molecule has 13 heteroatoms. The van der Waals surface area contributed by atoms with Crippen LogP contribution in [0.2, 0.25) is 0 Å². The molecule has 0 aliphatic carbocycles. The second-order valence-electron chi connectivity index (χ2n) is 12.2. The largest absolute Gasteiger partial charge is 0.444 e. The number of aryl methyl sites for hydroxylation is 1. The van der Waals surface area contributed by atoms with Crippen molar-refractivity contribution in [3.8, 4) is 11.3 Å². The second-order valence-corrected chi connectivity index (χ2v) is 12.2. The molecule has 3 aromatic heterocycles. The zero-order valence-electron chi connectivity index (χ0n) is 25.9. The fourth-order valence-electron chi connectivity index (χ4n) is 5.22. The summed E-state index contributed by atoms with van der Waals surface area (Å²) in [7, 11) is 1.53. The molecule has 0 saturated carbocycles. The molecule has 0 bridgehead atoms. The van der Waals surface area contributed by atoms with Gasteiger partial charge in [0.2, 0.25) is 11.9 Å². The summed E-state index contributed by atoms with van der Waals surface area (Å²) in [5.74, 6) is -0.209. The number of pyridine rings is 1. The zero-order chi connectivity index (χ0) is 31.9. The van der Waals surface area contributed by atoms with Crippen molar-refractivity contribution in [3.05, 3.63) is 59.2 Å². The molecule has 232 valence electrons. The van der Waals surface area contributed by atoms with Crippen LogP contribution in [0.3, 0.4) is 0 Å². The van der Waals surface area contributed by atoms with E-state index in [1.165, 1.54) is 18.0 Å². The average Bonchev–Trinajstić information content (AvgIpc) is 3.29. The number of fused-ring (bicyclic) bond motifs is 2. The van der Waals surface area contributed by atoms with Crippen LogP contribution in [0.5, 0.6) is 0 Å². The van der Waals surface area contributed by atoms with Gasteiger partial charge in [-0.15, -0.1) is 0 Å². The van der Waals surface area contributed by atoms with Crippen LogP contribution < -0.4 is 5.32 Å². The van der Waals surface area contributed by atoms with Gasteiger partial charge in [0.1, 0.15) is 40.8 Å². The Morgan fingerprint density at radius 3 is 2.57 bits per heavy atom. The maximum absolute atomic E-state index is 15.2. The van der Waals surface area contributed by atoms with Crippen molar-refractivity contribution < 1.29 is 23.1 Å². The Morgan fingerprint density at radius 1 is 1.11 bits per heavy atom. The number of carbonyl (C=O) groups is 2. The van der Waals surface area contributed by atoms with Crippen LogP contribution in [0.1, 0.15) is 57.7 Å². The standard InChI is InChI=1S/C31H36F2N8O3/c1-17(2)41-18(3)35-24-13-20(12-21(32)28(24)41)27-22(33)14-34-29(38-27)37-25-9-8-19-15-40(11-10-23(19)36-25)26(42)16-39(7)30(43)44-31(4,5)6/h8-9,12-14,17H,10-11,15-16H2,1-7H3,(H,34,36,37,38). The Bertz CT molecular complexity index is 1750. The maximum Gasteiger partial charge on any atom is 0.410 e. The Labute approximate surface area is 254 Å². The van der Waals surface area contributed by atoms with E-state index < -0.39 is 23.3 Å². The van der Waals surface area contributed by atoms with Crippen molar-refractivity contribution in [3.63, 3.8) is 0 Å². The highest BCUT2D eigenvalue weighted by Crippen LogP contribution is 2.30. The number of hydrogen-bond acceptors (Lipinski definition) is 8. The topological polar surface area (TPSA) is 118 Å². The normalized spacial score (nSPS) is 13.3. The molecular weight excluding hydrogens is 570 g/mol. The third-order valence-electron chi connectivity index (χ3n) is 7.17. The van der Waals surface area contributed by atoms with Crippen molar-refractivity contribution in [1.29, 1.82) is 0 Å². The smallest absolute Gasteiger partial charge is 0.410 e. The summed E-state index contributed by atoms with van der Waals surface area (Å²) >= 11 is 0. The SMILES string of the molecule is Cc1nc2cc(-c3nc(Nc4ccc5c(n4)CCN(C(=O)CN(C)C(=O)OC(C)(C)C)C5)ncc3F)cc(F)c2n1C(C)C. The molecular formula is C31H36F2N8O3. The fraction of sp³-hybridized carbons (Fsp3) is 0.419. The number of carbonyl (C=O) groups excluding carboxylic acids is 2.